The predicted molar refractivity (Wildman–Crippen MR) is 67.4 cm³/mol. The van der Waals surface area contributed by atoms with Crippen molar-refractivity contribution < 1.29 is 4.79 Å². The van der Waals surface area contributed by atoms with Crippen LogP contribution in [0.3, 0.4) is 0 Å². The third-order valence-corrected chi connectivity index (χ3v) is 4.24. The van der Waals surface area contributed by atoms with Gasteiger partial charge in [-0.2, -0.15) is 0 Å². The fourth-order valence-corrected chi connectivity index (χ4v) is 3.02. The molecule has 1 atom stereocenters. The average Bonchev–Trinajstić information content (AvgIpc) is 2.81. The predicted octanol–water partition coefficient (Wildman–Crippen LogP) is 4.22. The number of hydrogen-bond donors (Lipinski definition) is 0. The van der Waals surface area contributed by atoms with Gasteiger partial charge in [0.2, 0.25) is 0 Å². The van der Waals surface area contributed by atoms with Crippen LogP contribution in [0.25, 0.3) is 0 Å². The summed E-state index contributed by atoms with van der Waals surface area (Å²) in [4.78, 5) is 10.8. The molecular formula is C14H19ClO. The minimum atomic E-state index is 0.531. The van der Waals surface area contributed by atoms with Crippen molar-refractivity contribution in [2.45, 2.75) is 44.9 Å². The van der Waals surface area contributed by atoms with Gasteiger partial charge in [0.1, 0.15) is 6.29 Å². The van der Waals surface area contributed by atoms with Crippen LogP contribution in [0, 0.1) is 11.8 Å². The molecule has 0 heterocycles. The SMILES string of the molecule is O=CC1=C(Cl)C=CC(CCC2CCCC2)C1. The molecule has 0 aliphatic heterocycles. The van der Waals surface area contributed by atoms with Crippen molar-refractivity contribution in [3.8, 4) is 0 Å². The Morgan fingerprint density at radius 1 is 1.31 bits per heavy atom. The van der Waals surface area contributed by atoms with Gasteiger partial charge in [0.05, 0.1) is 0 Å². The molecule has 0 radical (unpaired) electrons. The van der Waals surface area contributed by atoms with E-state index in [4.69, 9.17) is 11.6 Å². The second kappa shape index (κ2) is 5.67. The lowest BCUT2D eigenvalue weighted by Crippen LogP contribution is -2.07. The lowest BCUT2D eigenvalue weighted by atomic mass is 9.88. The van der Waals surface area contributed by atoms with Crippen molar-refractivity contribution in [3.63, 3.8) is 0 Å². The molecule has 2 rings (SSSR count). The standard InChI is InChI=1S/C14H19ClO/c15-14-8-7-12(9-13(14)10-16)6-5-11-3-1-2-4-11/h7-8,10-12H,1-6,9H2. The van der Waals surface area contributed by atoms with Crippen molar-refractivity contribution in [2.75, 3.05) is 0 Å². The Morgan fingerprint density at radius 3 is 2.75 bits per heavy atom. The van der Waals surface area contributed by atoms with E-state index in [1.54, 1.807) is 0 Å². The molecule has 2 heteroatoms. The van der Waals surface area contributed by atoms with E-state index in [1.165, 1.54) is 38.5 Å². The van der Waals surface area contributed by atoms with E-state index in [0.717, 1.165) is 24.2 Å². The van der Waals surface area contributed by atoms with Crippen LogP contribution >= 0.6 is 11.6 Å². The molecule has 2 aliphatic carbocycles. The highest BCUT2D eigenvalue weighted by Gasteiger charge is 2.19. The Balaban J connectivity index is 1.80. The molecule has 0 bridgehead atoms. The zero-order chi connectivity index (χ0) is 11.4. The van der Waals surface area contributed by atoms with Gasteiger partial charge < -0.3 is 0 Å². The van der Waals surface area contributed by atoms with Crippen LogP contribution in [-0.2, 0) is 4.79 Å². The second-order valence-corrected chi connectivity index (χ2v) is 5.45. The normalized spacial score (nSPS) is 26.4. The summed E-state index contributed by atoms with van der Waals surface area (Å²) in [7, 11) is 0. The molecule has 16 heavy (non-hydrogen) atoms. The summed E-state index contributed by atoms with van der Waals surface area (Å²) < 4.78 is 0. The number of carbonyl (C=O) groups is 1. The number of hydrogen-bond acceptors (Lipinski definition) is 1. The topological polar surface area (TPSA) is 17.1 Å². The summed E-state index contributed by atoms with van der Waals surface area (Å²) in [5.74, 6) is 1.47. The van der Waals surface area contributed by atoms with Gasteiger partial charge in [0.25, 0.3) is 0 Å². The van der Waals surface area contributed by atoms with Gasteiger partial charge in [-0.15, -0.1) is 0 Å². The van der Waals surface area contributed by atoms with Gasteiger partial charge in [-0.25, -0.2) is 0 Å². The summed E-state index contributed by atoms with van der Waals surface area (Å²) in [6.45, 7) is 0. The molecule has 88 valence electrons. The molecule has 1 nitrogen and oxygen atoms in total. The van der Waals surface area contributed by atoms with Gasteiger partial charge in [-0.05, 0) is 37.2 Å². The fraction of sp³-hybridized carbons (Fsp3) is 0.643. The molecule has 0 saturated heterocycles. The molecule has 2 aliphatic rings. The zero-order valence-corrected chi connectivity index (χ0v) is 10.4. The summed E-state index contributed by atoms with van der Waals surface area (Å²) in [6, 6.07) is 0. The molecule has 1 fully saturated rings. The van der Waals surface area contributed by atoms with Crippen LogP contribution < -0.4 is 0 Å². The summed E-state index contributed by atoms with van der Waals surface area (Å²) in [5, 5.41) is 0.632. The van der Waals surface area contributed by atoms with Gasteiger partial charge in [0.15, 0.2) is 0 Å². The van der Waals surface area contributed by atoms with Gasteiger partial charge in [-0.1, -0.05) is 43.4 Å². The maximum Gasteiger partial charge on any atom is 0.147 e. The summed E-state index contributed by atoms with van der Waals surface area (Å²) in [5.41, 5.74) is 0.778. The van der Waals surface area contributed by atoms with Crippen molar-refractivity contribution in [1.82, 2.24) is 0 Å². The Hall–Kier alpha value is -0.560. The smallest absolute Gasteiger partial charge is 0.147 e. The van der Waals surface area contributed by atoms with E-state index < -0.39 is 0 Å². The first kappa shape index (κ1) is 11.9. The first-order valence-corrected chi connectivity index (χ1v) is 6.69. The van der Waals surface area contributed by atoms with Gasteiger partial charge >= 0.3 is 0 Å². The molecule has 0 aromatic rings. The highest BCUT2D eigenvalue weighted by Crippen LogP contribution is 2.33. The van der Waals surface area contributed by atoms with E-state index in [2.05, 4.69) is 6.08 Å². The summed E-state index contributed by atoms with van der Waals surface area (Å²) in [6.07, 6.45) is 14.0. The highest BCUT2D eigenvalue weighted by molar-refractivity contribution is 6.32. The lowest BCUT2D eigenvalue weighted by molar-refractivity contribution is -0.105. The molecular weight excluding hydrogens is 220 g/mol. The van der Waals surface area contributed by atoms with Crippen LogP contribution in [-0.4, -0.2) is 6.29 Å². The van der Waals surface area contributed by atoms with Crippen LogP contribution in [0.5, 0.6) is 0 Å². The first-order valence-electron chi connectivity index (χ1n) is 6.31. The Morgan fingerprint density at radius 2 is 2.06 bits per heavy atom. The number of halogens is 1. The molecule has 1 saturated carbocycles. The minimum Gasteiger partial charge on any atom is -0.298 e. The third kappa shape index (κ3) is 2.98. The molecule has 0 amide bonds. The Labute approximate surface area is 103 Å². The number of aldehydes is 1. The number of carbonyl (C=O) groups excluding carboxylic acids is 1. The average molecular weight is 239 g/mol. The monoisotopic (exact) mass is 238 g/mol. The maximum atomic E-state index is 10.8. The lowest BCUT2D eigenvalue weighted by Gasteiger charge is -2.19. The molecule has 0 N–H and O–H groups in total. The van der Waals surface area contributed by atoms with Crippen molar-refractivity contribution in [3.05, 3.63) is 22.8 Å². The first-order chi connectivity index (χ1) is 7.79. The second-order valence-electron chi connectivity index (χ2n) is 5.04. The van der Waals surface area contributed by atoms with E-state index in [9.17, 15) is 4.79 Å². The van der Waals surface area contributed by atoms with Crippen LogP contribution in [0.15, 0.2) is 22.8 Å². The molecule has 0 spiro atoms. The van der Waals surface area contributed by atoms with Crippen LogP contribution in [0.1, 0.15) is 44.9 Å². The molecule has 0 aromatic carbocycles. The zero-order valence-electron chi connectivity index (χ0n) is 9.62. The maximum absolute atomic E-state index is 10.8. The van der Waals surface area contributed by atoms with Crippen molar-refractivity contribution >= 4 is 17.9 Å². The Bertz CT molecular complexity index is 311. The van der Waals surface area contributed by atoms with Crippen molar-refractivity contribution in [2.24, 2.45) is 11.8 Å². The quantitative estimate of drug-likeness (QED) is 0.670. The number of rotatable bonds is 4. The van der Waals surface area contributed by atoms with E-state index in [-0.39, 0.29) is 0 Å². The van der Waals surface area contributed by atoms with Crippen LogP contribution in [0.2, 0.25) is 0 Å². The highest BCUT2D eigenvalue weighted by atomic mass is 35.5. The fourth-order valence-electron chi connectivity index (χ4n) is 2.83. The third-order valence-electron chi connectivity index (χ3n) is 3.87. The number of allylic oxidation sites excluding steroid dienone is 4. The van der Waals surface area contributed by atoms with E-state index in [1.807, 2.05) is 6.08 Å². The molecule has 1 unspecified atom stereocenters. The summed E-state index contributed by atoms with van der Waals surface area (Å²) >= 11 is 5.94. The van der Waals surface area contributed by atoms with Gasteiger partial charge in [0, 0.05) is 10.6 Å². The van der Waals surface area contributed by atoms with E-state index in [0.29, 0.717) is 11.0 Å². The Kier molecular flexibility index (Phi) is 4.22. The van der Waals surface area contributed by atoms with Crippen LogP contribution in [0.4, 0.5) is 0 Å². The van der Waals surface area contributed by atoms with Gasteiger partial charge in [-0.3, -0.25) is 4.79 Å². The largest absolute Gasteiger partial charge is 0.298 e. The van der Waals surface area contributed by atoms with E-state index >= 15 is 0 Å². The molecule has 0 aromatic heterocycles. The minimum absolute atomic E-state index is 0.531. The van der Waals surface area contributed by atoms with Crippen molar-refractivity contribution in [1.29, 1.82) is 0 Å².